The first-order valence-corrected chi connectivity index (χ1v) is 5.28. The summed E-state index contributed by atoms with van der Waals surface area (Å²) in [4.78, 5) is 0. The summed E-state index contributed by atoms with van der Waals surface area (Å²) >= 11 is 0. The average molecular weight is 183 g/mol. The van der Waals surface area contributed by atoms with Gasteiger partial charge in [-0.1, -0.05) is 26.2 Å². The first kappa shape index (κ1) is 12.4. The fourth-order valence-corrected chi connectivity index (χ4v) is 1.36. The summed E-state index contributed by atoms with van der Waals surface area (Å²) < 4.78 is 0. The molecular weight excluding hydrogens is 162 g/mol. The molecule has 0 bridgehead atoms. The predicted octanol–water partition coefficient (Wildman–Crippen LogP) is 2.87. The van der Waals surface area contributed by atoms with E-state index >= 15 is 0 Å². The molecule has 2 nitrogen and oxygen atoms in total. The van der Waals surface area contributed by atoms with Crippen LogP contribution in [0.4, 0.5) is 0 Å². The highest BCUT2D eigenvalue weighted by Crippen LogP contribution is 2.15. The molecule has 0 spiro atoms. The van der Waals surface area contributed by atoms with E-state index in [1.165, 1.54) is 12.8 Å². The molecule has 0 amide bonds. The van der Waals surface area contributed by atoms with Gasteiger partial charge in [0.15, 0.2) is 0 Å². The van der Waals surface area contributed by atoms with E-state index in [1.807, 2.05) is 0 Å². The molecule has 0 saturated heterocycles. The SMILES string of the molecule is CCCCCC(C#N)CCC(C)O. The summed E-state index contributed by atoms with van der Waals surface area (Å²) in [6.07, 6.45) is 5.90. The Morgan fingerprint density at radius 2 is 1.92 bits per heavy atom. The molecule has 2 unspecified atom stereocenters. The lowest BCUT2D eigenvalue weighted by molar-refractivity contribution is 0.176. The zero-order valence-electron chi connectivity index (χ0n) is 8.79. The van der Waals surface area contributed by atoms with Crippen molar-refractivity contribution in [1.29, 1.82) is 5.26 Å². The van der Waals surface area contributed by atoms with E-state index in [-0.39, 0.29) is 12.0 Å². The normalized spacial score (nSPS) is 14.9. The molecule has 13 heavy (non-hydrogen) atoms. The largest absolute Gasteiger partial charge is 0.393 e. The maximum atomic E-state index is 9.06. The third-order valence-corrected chi connectivity index (χ3v) is 2.27. The highest BCUT2D eigenvalue weighted by Gasteiger charge is 2.08. The molecule has 0 aromatic rings. The molecule has 0 rings (SSSR count). The van der Waals surface area contributed by atoms with Crippen molar-refractivity contribution in [2.75, 3.05) is 0 Å². The van der Waals surface area contributed by atoms with Crippen LogP contribution in [0, 0.1) is 17.2 Å². The molecule has 0 saturated carbocycles. The number of unbranched alkanes of at least 4 members (excludes halogenated alkanes) is 2. The third-order valence-electron chi connectivity index (χ3n) is 2.27. The van der Waals surface area contributed by atoms with E-state index in [1.54, 1.807) is 6.92 Å². The van der Waals surface area contributed by atoms with Gasteiger partial charge in [-0.05, 0) is 26.2 Å². The number of nitrogens with zero attached hydrogens (tertiary/aromatic N) is 1. The Labute approximate surface area is 81.6 Å². The lowest BCUT2D eigenvalue weighted by Gasteiger charge is -2.09. The second-order valence-electron chi connectivity index (χ2n) is 3.75. The summed E-state index contributed by atoms with van der Waals surface area (Å²) in [5.41, 5.74) is 0. The van der Waals surface area contributed by atoms with Crippen molar-refractivity contribution >= 4 is 0 Å². The lowest BCUT2D eigenvalue weighted by atomic mass is 9.96. The highest BCUT2D eigenvalue weighted by molar-refractivity contribution is 4.82. The molecule has 0 heterocycles. The van der Waals surface area contributed by atoms with Gasteiger partial charge in [-0.3, -0.25) is 0 Å². The molecule has 0 radical (unpaired) electrons. The topological polar surface area (TPSA) is 44.0 Å². The molecular formula is C11H21NO. The molecule has 0 aliphatic heterocycles. The second-order valence-corrected chi connectivity index (χ2v) is 3.75. The second kappa shape index (κ2) is 8.07. The first-order chi connectivity index (χ1) is 6.20. The molecule has 76 valence electrons. The Morgan fingerprint density at radius 1 is 1.23 bits per heavy atom. The first-order valence-electron chi connectivity index (χ1n) is 5.28. The van der Waals surface area contributed by atoms with Gasteiger partial charge in [0, 0.05) is 5.92 Å². The Balaban J connectivity index is 3.47. The number of aliphatic hydroxyl groups is 1. The van der Waals surface area contributed by atoms with Gasteiger partial charge in [-0.15, -0.1) is 0 Å². The van der Waals surface area contributed by atoms with Crippen molar-refractivity contribution in [3.63, 3.8) is 0 Å². The Morgan fingerprint density at radius 3 is 2.38 bits per heavy atom. The van der Waals surface area contributed by atoms with Crippen LogP contribution in [0.25, 0.3) is 0 Å². The molecule has 0 aromatic carbocycles. The van der Waals surface area contributed by atoms with Crippen molar-refractivity contribution in [3.05, 3.63) is 0 Å². The van der Waals surface area contributed by atoms with Crippen LogP contribution in [0.3, 0.4) is 0 Å². The zero-order chi connectivity index (χ0) is 10.1. The van der Waals surface area contributed by atoms with Crippen molar-refractivity contribution in [1.82, 2.24) is 0 Å². The minimum absolute atomic E-state index is 0.154. The molecule has 2 heteroatoms. The van der Waals surface area contributed by atoms with Crippen LogP contribution in [0.5, 0.6) is 0 Å². The molecule has 0 aliphatic carbocycles. The van der Waals surface area contributed by atoms with Gasteiger partial charge in [0.1, 0.15) is 0 Å². The summed E-state index contributed by atoms with van der Waals surface area (Å²) in [6.45, 7) is 3.94. The average Bonchev–Trinajstić information content (AvgIpc) is 2.10. The molecule has 0 aromatic heterocycles. The Bertz CT molecular complexity index is 149. The van der Waals surface area contributed by atoms with E-state index in [0.717, 1.165) is 25.7 Å². The Hall–Kier alpha value is -0.550. The zero-order valence-corrected chi connectivity index (χ0v) is 8.79. The summed E-state index contributed by atoms with van der Waals surface area (Å²) in [5.74, 6) is 0.154. The molecule has 0 fully saturated rings. The van der Waals surface area contributed by atoms with E-state index in [4.69, 9.17) is 10.4 Å². The standard InChI is InChI=1S/C11H21NO/c1-3-4-5-6-11(9-12)8-7-10(2)13/h10-11,13H,3-8H2,1-2H3. The van der Waals surface area contributed by atoms with Crippen LogP contribution in [-0.2, 0) is 0 Å². The maximum Gasteiger partial charge on any atom is 0.0655 e. The minimum Gasteiger partial charge on any atom is -0.393 e. The quantitative estimate of drug-likeness (QED) is 0.617. The van der Waals surface area contributed by atoms with E-state index in [0.29, 0.717) is 0 Å². The van der Waals surface area contributed by atoms with Crippen LogP contribution in [0.15, 0.2) is 0 Å². The maximum absolute atomic E-state index is 9.06. The van der Waals surface area contributed by atoms with Crippen molar-refractivity contribution < 1.29 is 5.11 Å². The van der Waals surface area contributed by atoms with Crippen molar-refractivity contribution in [2.24, 2.45) is 5.92 Å². The summed E-state index contributed by atoms with van der Waals surface area (Å²) in [7, 11) is 0. The fourth-order valence-electron chi connectivity index (χ4n) is 1.36. The summed E-state index contributed by atoms with van der Waals surface area (Å²) in [6, 6.07) is 2.31. The number of hydrogen-bond acceptors (Lipinski definition) is 2. The van der Waals surface area contributed by atoms with Gasteiger partial charge in [0.05, 0.1) is 12.2 Å². The number of nitriles is 1. The smallest absolute Gasteiger partial charge is 0.0655 e. The minimum atomic E-state index is -0.262. The third kappa shape index (κ3) is 7.80. The van der Waals surface area contributed by atoms with Gasteiger partial charge in [0.2, 0.25) is 0 Å². The van der Waals surface area contributed by atoms with Crippen LogP contribution >= 0.6 is 0 Å². The van der Waals surface area contributed by atoms with Crippen LogP contribution in [0.1, 0.15) is 52.4 Å². The van der Waals surface area contributed by atoms with E-state index in [2.05, 4.69) is 13.0 Å². The number of rotatable bonds is 7. The van der Waals surface area contributed by atoms with Crippen molar-refractivity contribution in [3.8, 4) is 6.07 Å². The van der Waals surface area contributed by atoms with Gasteiger partial charge >= 0.3 is 0 Å². The van der Waals surface area contributed by atoms with Crippen LogP contribution < -0.4 is 0 Å². The van der Waals surface area contributed by atoms with Gasteiger partial charge in [-0.2, -0.15) is 5.26 Å². The van der Waals surface area contributed by atoms with E-state index in [9.17, 15) is 0 Å². The number of aliphatic hydroxyl groups excluding tert-OH is 1. The monoisotopic (exact) mass is 183 g/mol. The summed E-state index contributed by atoms with van der Waals surface area (Å²) in [5, 5.41) is 17.9. The number of hydrogen-bond donors (Lipinski definition) is 1. The molecule has 0 aliphatic rings. The molecule has 1 N–H and O–H groups in total. The van der Waals surface area contributed by atoms with Crippen molar-refractivity contribution in [2.45, 2.75) is 58.5 Å². The molecule has 2 atom stereocenters. The highest BCUT2D eigenvalue weighted by atomic mass is 16.3. The lowest BCUT2D eigenvalue weighted by Crippen LogP contribution is -2.04. The van der Waals surface area contributed by atoms with Crippen LogP contribution in [0.2, 0.25) is 0 Å². The van der Waals surface area contributed by atoms with Gasteiger partial charge < -0.3 is 5.11 Å². The van der Waals surface area contributed by atoms with Gasteiger partial charge in [0.25, 0.3) is 0 Å². The van der Waals surface area contributed by atoms with E-state index < -0.39 is 0 Å². The Kier molecular flexibility index (Phi) is 7.73. The van der Waals surface area contributed by atoms with Gasteiger partial charge in [-0.25, -0.2) is 0 Å². The van der Waals surface area contributed by atoms with Crippen LogP contribution in [-0.4, -0.2) is 11.2 Å². The fraction of sp³-hybridized carbons (Fsp3) is 0.909. The predicted molar refractivity (Wildman–Crippen MR) is 54.2 cm³/mol.